The second kappa shape index (κ2) is 15.0. The van der Waals surface area contributed by atoms with Crippen LogP contribution in [0.3, 0.4) is 0 Å². The number of rotatable bonds is 15. The molecule has 0 aliphatic carbocycles. The van der Waals surface area contributed by atoms with Crippen LogP contribution in [0.15, 0.2) is 30.3 Å². The number of carbonyl (C=O) groups is 5. The van der Waals surface area contributed by atoms with Crippen LogP contribution < -0.4 is 21.7 Å². The summed E-state index contributed by atoms with van der Waals surface area (Å²) in [5.41, 5.74) is 6.63. The molecule has 5 unspecified atom stereocenters. The molecule has 0 saturated carbocycles. The van der Waals surface area contributed by atoms with Gasteiger partial charge in [-0.2, -0.15) is 12.6 Å². The van der Waals surface area contributed by atoms with Gasteiger partial charge in [0.25, 0.3) is 0 Å². The molecule has 7 N–H and O–H groups in total. The van der Waals surface area contributed by atoms with E-state index in [0.29, 0.717) is 12.0 Å². The smallest absolute Gasteiger partial charge is 0.327 e. The van der Waals surface area contributed by atoms with Gasteiger partial charge >= 0.3 is 11.9 Å². The van der Waals surface area contributed by atoms with Gasteiger partial charge in [0, 0.05) is 18.6 Å². The molecule has 0 saturated heterocycles. The summed E-state index contributed by atoms with van der Waals surface area (Å²) in [6.45, 7) is 3.63. The fourth-order valence-electron chi connectivity index (χ4n) is 3.11. The van der Waals surface area contributed by atoms with Crippen LogP contribution in [0.2, 0.25) is 0 Å². The summed E-state index contributed by atoms with van der Waals surface area (Å²) in [4.78, 5) is 60.9. The van der Waals surface area contributed by atoms with Crippen molar-refractivity contribution in [1.29, 1.82) is 0 Å². The molecule has 194 valence electrons. The molecular weight excluding hydrogens is 476 g/mol. The maximum Gasteiger partial charge on any atom is 0.327 e. The van der Waals surface area contributed by atoms with Crippen molar-refractivity contribution in [3.63, 3.8) is 0 Å². The second-order valence-electron chi connectivity index (χ2n) is 8.24. The fraction of sp³-hybridized carbons (Fsp3) is 0.522. The third-order valence-electron chi connectivity index (χ3n) is 5.55. The number of nitrogens with one attached hydrogen (secondary N) is 3. The molecule has 0 bridgehead atoms. The Morgan fingerprint density at radius 2 is 1.46 bits per heavy atom. The highest BCUT2D eigenvalue weighted by Gasteiger charge is 2.31. The lowest BCUT2D eigenvalue weighted by molar-refractivity contribution is -0.141. The van der Waals surface area contributed by atoms with Crippen molar-refractivity contribution in [2.75, 3.05) is 5.75 Å². The van der Waals surface area contributed by atoms with Crippen molar-refractivity contribution in [3.05, 3.63) is 35.9 Å². The van der Waals surface area contributed by atoms with Crippen molar-refractivity contribution in [2.45, 2.75) is 63.7 Å². The van der Waals surface area contributed by atoms with Crippen LogP contribution in [0.25, 0.3) is 0 Å². The SMILES string of the molecule is CCC(C)C(N)C(=O)NC(CCC(=O)O)C(=O)NC(Cc1ccccc1)C(=O)NC(CS)C(=O)O. The number of amides is 3. The van der Waals surface area contributed by atoms with E-state index in [1.54, 1.807) is 37.3 Å². The molecule has 3 amide bonds. The molecule has 0 aliphatic rings. The highest BCUT2D eigenvalue weighted by Crippen LogP contribution is 2.09. The van der Waals surface area contributed by atoms with E-state index in [0.717, 1.165) is 0 Å². The molecule has 0 heterocycles. The zero-order valence-corrected chi connectivity index (χ0v) is 20.7. The average molecular weight is 511 g/mol. The van der Waals surface area contributed by atoms with Crippen molar-refractivity contribution in [2.24, 2.45) is 11.7 Å². The predicted molar refractivity (Wildman–Crippen MR) is 132 cm³/mol. The third kappa shape index (κ3) is 10.4. The van der Waals surface area contributed by atoms with Gasteiger partial charge in [-0.05, 0) is 17.9 Å². The molecule has 0 fully saturated rings. The number of carbonyl (C=O) groups excluding carboxylic acids is 3. The second-order valence-corrected chi connectivity index (χ2v) is 8.60. The topological polar surface area (TPSA) is 188 Å². The molecule has 11 nitrogen and oxygen atoms in total. The lowest BCUT2D eigenvalue weighted by Gasteiger charge is -2.26. The molecule has 0 spiro atoms. The van der Waals surface area contributed by atoms with Crippen LogP contribution in [0.1, 0.15) is 38.7 Å². The maximum absolute atomic E-state index is 13.1. The van der Waals surface area contributed by atoms with E-state index in [1.165, 1.54) is 0 Å². The summed E-state index contributed by atoms with van der Waals surface area (Å²) in [5.74, 6) is -4.96. The van der Waals surface area contributed by atoms with E-state index in [9.17, 15) is 29.1 Å². The van der Waals surface area contributed by atoms with Gasteiger partial charge in [-0.15, -0.1) is 0 Å². The summed E-state index contributed by atoms with van der Waals surface area (Å²) in [6, 6.07) is 4.07. The van der Waals surface area contributed by atoms with Gasteiger partial charge in [-0.3, -0.25) is 19.2 Å². The number of benzene rings is 1. The van der Waals surface area contributed by atoms with Crippen LogP contribution in [-0.2, 0) is 30.4 Å². The molecule has 1 aromatic rings. The number of hydrogen-bond acceptors (Lipinski definition) is 7. The van der Waals surface area contributed by atoms with E-state index in [-0.39, 0.29) is 24.5 Å². The van der Waals surface area contributed by atoms with Crippen LogP contribution in [0.4, 0.5) is 0 Å². The fourth-order valence-corrected chi connectivity index (χ4v) is 3.35. The lowest BCUT2D eigenvalue weighted by atomic mass is 9.98. The zero-order valence-electron chi connectivity index (χ0n) is 19.8. The Hall–Kier alpha value is -3.12. The normalized spacial score (nSPS) is 15.1. The van der Waals surface area contributed by atoms with E-state index in [2.05, 4.69) is 28.6 Å². The van der Waals surface area contributed by atoms with Crippen LogP contribution in [0, 0.1) is 5.92 Å². The Morgan fingerprint density at radius 1 is 0.914 bits per heavy atom. The highest BCUT2D eigenvalue weighted by atomic mass is 32.1. The zero-order chi connectivity index (χ0) is 26.5. The first-order valence-corrected chi connectivity index (χ1v) is 11.9. The van der Waals surface area contributed by atoms with Crippen molar-refractivity contribution in [1.82, 2.24) is 16.0 Å². The number of aliphatic carboxylic acids is 2. The van der Waals surface area contributed by atoms with Crippen LogP contribution >= 0.6 is 12.6 Å². The van der Waals surface area contributed by atoms with Gasteiger partial charge in [-0.25, -0.2) is 4.79 Å². The molecule has 0 radical (unpaired) electrons. The monoisotopic (exact) mass is 510 g/mol. The van der Waals surface area contributed by atoms with E-state index < -0.39 is 60.2 Å². The van der Waals surface area contributed by atoms with Gasteiger partial charge in [0.05, 0.1) is 6.04 Å². The minimum absolute atomic E-state index is 0.0311. The Kier molecular flexibility index (Phi) is 12.8. The van der Waals surface area contributed by atoms with Gasteiger partial charge in [-0.1, -0.05) is 50.6 Å². The molecule has 12 heteroatoms. The van der Waals surface area contributed by atoms with Gasteiger partial charge < -0.3 is 31.9 Å². The largest absolute Gasteiger partial charge is 0.481 e. The number of nitrogens with two attached hydrogens (primary N) is 1. The van der Waals surface area contributed by atoms with Crippen molar-refractivity contribution < 1.29 is 34.2 Å². The first-order chi connectivity index (χ1) is 16.5. The Morgan fingerprint density at radius 3 is 1.97 bits per heavy atom. The number of carboxylic acids is 2. The number of carboxylic acid groups (broad SMARTS) is 2. The minimum atomic E-state index is -1.29. The Balaban J connectivity index is 3.11. The summed E-state index contributed by atoms with van der Waals surface area (Å²) < 4.78 is 0. The molecule has 0 aliphatic heterocycles. The van der Waals surface area contributed by atoms with E-state index in [1.807, 2.05) is 6.92 Å². The predicted octanol–water partition coefficient (Wildman–Crippen LogP) is -0.0639. The van der Waals surface area contributed by atoms with E-state index >= 15 is 0 Å². The first kappa shape index (κ1) is 29.9. The summed E-state index contributed by atoms with van der Waals surface area (Å²) >= 11 is 3.93. The quantitative estimate of drug-likeness (QED) is 0.160. The number of hydrogen-bond donors (Lipinski definition) is 7. The maximum atomic E-state index is 13.1. The standard InChI is InChI=1S/C23H34N4O7S/c1-3-13(2)19(24)22(32)25-15(9-10-18(28)29)20(30)26-16(11-14-7-5-4-6-8-14)21(31)27-17(12-35)23(33)34/h4-8,13,15-17,19,35H,3,9-12,24H2,1-2H3,(H,25,32)(H,26,30)(H,27,31)(H,28,29)(H,33,34). The number of thiol groups is 1. The lowest BCUT2D eigenvalue weighted by Crippen LogP contribution is -2.58. The molecule has 35 heavy (non-hydrogen) atoms. The Labute approximate surface area is 209 Å². The van der Waals surface area contributed by atoms with Crippen LogP contribution in [-0.4, -0.2) is 69.8 Å². The van der Waals surface area contributed by atoms with Crippen molar-refractivity contribution in [3.8, 4) is 0 Å². The molecule has 1 rings (SSSR count). The van der Waals surface area contributed by atoms with Crippen LogP contribution in [0.5, 0.6) is 0 Å². The summed E-state index contributed by atoms with van der Waals surface area (Å²) in [5, 5.41) is 25.6. The molecular formula is C23H34N4O7S. The molecule has 5 atom stereocenters. The summed E-state index contributed by atoms with van der Waals surface area (Å²) in [6.07, 6.45) is 0.0144. The molecule has 1 aromatic carbocycles. The average Bonchev–Trinajstić information content (AvgIpc) is 2.83. The Bertz CT molecular complexity index is 884. The summed E-state index contributed by atoms with van der Waals surface area (Å²) in [7, 11) is 0. The van der Waals surface area contributed by atoms with Gasteiger partial charge in [0.1, 0.15) is 18.1 Å². The first-order valence-electron chi connectivity index (χ1n) is 11.3. The third-order valence-corrected chi connectivity index (χ3v) is 5.92. The van der Waals surface area contributed by atoms with E-state index in [4.69, 9.17) is 10.8 Å². The minimum Gasteiger partial charge on any atom is -0.481 e. The molecule has 0 aromatic heterocycles. The highest BCUT2D eigenvalue weighted by molar-refractivity contribution is 7.80. The van der Waals surface area contributed by atoms with Crippen molar-refractivity contribution >= 4 is 42.3 Å². The van der Waals surface area contributed by atoms with Gasteiger partial charge in [0.15, 0.2) is 0 Å². The van der Waals surface area contributed by atoms with Gasteiger partial charge in [0.2, 0.25) is 17.7 Å².